The van der Waals surface area contributed by atoms with E-state index in [0.29, 0.717) is 6.61 Å². The van der Waals surface area contributed by atoms with Gasteiger partial charge in [-0.05, 0) is 18.9 Å². The molecule has 0 aliphatic heterocycles. The van der Waals surface area contributed by atoms with Crippen LogP contribution in [0.15, 0.2) is 0 Å². The van der Waals surface area contributed by atoms with Crippen molar-refractivity contribution in [2.24, 2.45) is 5.92 Å². The normalized spacial score (nSPS) is 13.5. The SMILES string of the molecule is CCCCOCC(O)CN(CC)CC(CC)CC. The first kappa shape index (κ1) is 17.9. The van der Waals surface area contributed by atoms with Crippen molar-refractivity contribution >= 4 is 0 Å². The van der Waals surface area contributed by atoms with Crippen LogP contribution in [0.3, 0.4) is 0 Å². The van der Waals surface area contributed by atoms with Crippen molar-refractivity contribution in [2.75, 3.05) is 32.8 Å². The van der Waals surface area contributed by atoms with Crippen LogP contribution in [0.2, 0.25) is 0 Å². The summed E-state index contributed by atoms with van der Waals surface area (Å²) >= 11 is 0. The van der Waals surface area contributed by atoms with Crippen molar-refractivity contribution in [3.8, 4) is 0 Å². The lowest BCUT2D eigenvalue weighted by Gasteiger charge is -2.27. The predicted octanol–water partition coefficient (Wildman–Crippen LogP) is 2.92. The van der Waals surface area contributed by atoms with Gasteiger partial charge in [0.1, 0.15) is 0 Å². The Morgan fingerprint density at radius 1 is 1.06 bits per heavy atom. The molecule has 0 aromatic rings. The average Bonchev–Trinajstić information content (AvgIpc) is 2.39. The molecule has 0 aromatic heterocycles. The minimum absolute atomic E-state index is 0.351. The standard InChI is InChI=1S/C15H33NO2/c1-5-9-10-18-13-15(17)12-16(8-4)11-14(6-2)7-3/h14-15,17H,5-13H2,1-4H3. The van der Waals surface area contributed by atoms with E-state index in [0.717, 1.165) is 45.0 Å². The Morgan fingerprint density at radius 3 is 2.22 bits per heavy atom. The number of nitrogens with zero attached hydrogens (tertiary/aromatic N) is 1. The molecule has 3 nitrogen and oxygen atoms in total. The predicted molar refractivity (Wildman–Crippen MR) is 77.9 cm³/mol. The van der Waals surface area contributed by atoms with E-state index in [1.165, 1.54) is 12.8 Å². The number of rotatable bonds is 12. The van der Waals surface area contributed by atoms with Crippen LogP contribution in [0, 0.1) is 5.92 Å². The van der Waals surface area contributed by atoms with Crippen LogP contribution < -0.4 is 0 Å². The fourth-order valence-corrected chi connectivity index (χ4v) is 2.06. The van der Waals surface area contributed by atoms with Crippen molar-refractivity contribution in [3.05, 3.63) is 0 Å². The molecule has 0 rings (SSSR count). The summed E-state index contributed by atoms with van der Waals surface area (Å²) < 4.78 is 5.46. The first-order valence-corrected chi connectivity index (χ1v) is 7.65. The Morgan fingerprint density at radius 2 is 1.72 bits per heavy atom. The van der Waals surface area contributed by atoms with Crippen LogP contribution in [0.1, 0.15) is 53.4 Å². The highest BCUT2D eigenvalue weighted by atomic mass is 16.5. The van der Waals surface area contributed by atoms with E-state index in [9.17, 15) is 5.11 Å². The highest BCUT2D eigenvalue weighted by Crippen LogP contribution is 2.10. The van der Waals surface area contributed by atoms with Crippen LogP contribution in [0.25, 0.3) is 0 Å². The zero-order valence-corrected chi connectivity index (χ0v) is 12.8. The van der Waals surface area contributed by atoms with Gasteiger partial charge in [0.15, 0.2) is 0 Å². The molecule has 0 spiro atoms. The van der Waals surface area contributed by atoms with Gasteiger partial charge in [-0.2, -0.15) is 0 Å². The Labute approximate surface area is 114 Å². The van der Waals surface area contributed by atoms with Crippen molar-refractivity contribution in [1.29, 1.82) is 0 Å². The van der Waals surface area contributed by atoms with Gasteiger partial charge in [-0.15, -0.1) is 0 Å². The highest BCUT2D eigenvalue weighted by Gasteiger charge is 2.14. The first-order valence-electron chi connectivity index (χ1n) is 7.65. The second-order valence-corrected chi connectivity index (χ2v) is 5.12. The molecule has 0 aliphatic rings. The number of ether oxygens (including phenoxy) is 1. The third-order valence-electron chi connectivity index (χ3n) is 3.54. The molecular weight excluding hydrogens is 226 g/mol. The number of likely N-dealkylation sites (N-methyl/N-ethyl adjacent to an activating group) is 1. The maximum Gasteiger partial charge on any atom is 0.0900 e. The molecule has 1 unspecified atom stereocenters. The lowest BCUT2D eigenvalue weighted by molar-refractivity contribution is 0.0140. The molecule has 0 aromatic carbocycles. The number of hydrogen-bond acceptors (Lipinski definition) is 3. The number of aliphatic hydroxyl groups is 1. The topological polar surface area (TPSA) is 32.7 Å². The van der Waals surface area contributed by atoms with Gasteiger partial charge in [0, 0.05) is 19.7 Å². The summed E-state index contributed by atoms with van der Waals surface area (Å²) in [5.74, 6) is 0.748. The third-order valence-corrected chi connectivity index (χ3v) is 3.54. The average molecular weight is 259 g/mol. The molecule has 1 atom stereocenters. The van der Waals surface area contributed by atoms with E-state index in [4.69, 9.17) is 4.74 Å². The van der Waals surface area contributed by atoms with Gasteiger partial charge < -0.3 is 14.7 Å². The van der Waals surface area contributed by atoms with Gasteiger partial charge in [0.2, 0.25) is 0 Å². The van der Waals surface area contributed by atoms with Crippen LogP contribution >= 0.6 is 0 Å². The van der Waals surface area contributed by atoms with Gasteiger partial charge in [-0.1, -0.05) is 47.0 Å². The van der Waals surface area contributed by atoms with Gasteiger partial charge in [-0.25, -0.2) is 0 Å². The lowest BCUT2D eigenvalue weighted by atomic mass is 10.0. The largest absolute Gasteiger partial charge is 0.389 e. The molecule has 110 valence electrons. The molecule has 1 N–H and O–H groups in total. The maximum atomic E-state index is 9.94. The molecule has 0 bridgehead atoms. The van der Waals surface area contributed by atoms with E-state index in [1.54, 1.807) is 0 Å². The van der Waals surface area contributed by atoms with Crippen molar-refractivity contribution in [2.45, 2.75) is 59.5 Å². The van der Waals surface area contributed by atoms with E-state index < -0.39 is 0 Å². The van der Waals surface area contributed by atoms with Crippen LogP contribution in [0.4, 0.5) is 0 Å². The number of hydrogen-bond donors (Lipinski definition) is 1. The zero-order valence-electron chi connectivity index (χ0n) is 12.8. The first-order chi connectivity index (χ1) is 8.67. The second kappa shape index (κ2) is 11.9. The Kier molecular flexibility index (Phi) is 11.9. The summed E-state index contributed by atoms with van der Waals surface area (Å²) in [7, 11) is 0. The summed E-state index contributed by atoms with van der Waals surface area (Å²) in [5, 5.41) is 9.94. The molecule has 0 heterocycles. The third kappa shape index (κ3) is 8.90. The van der Waals surface area contributed by atoms with Crippen molar-refractivity contribution < 1.29 is 9.84 Å². The van der Waals surface area contributed by atoms with E-state index >= 15 is 0 Å². The fraction of sp³-hybridized carbons (Fsp3) is 1.00. The molecular formula is C15H33NO2. The van der Waals surface area contributed by atoms with Crippen molar-refractivity contribution in [3.63, 3.8) is 0 Å². The monoisotopic (exact) mass is 259 g/mol. The maximum absolute atomic E-state index is 9.94. The number of aliphatic hydroxyl groups excluding tert-OH is 1. The summed E-state index contributed by atoms with van der Waals surface area (Å²) in [6, 6.07) is 0. The van der Waals surface area contributed by atoms with Gasteiger partial charge in [0.05, 0.1) is 12.7 Å². The molecule has 0 amide bonds. The molecule has 0 fully saturated rings. The summed E-state index contributed by atoms with van der Waals surface area (Å²) in [6.07, 6.45) is 4.31. The van der Waals surface area contributed by atoms with Gasteiger partial charge in [-0.3, -0.25) is 0 Å². The second-order valence-electron chi connectivity index (χ2n) is 5.12. The Balaban J connectivity index is 3.81. The van der Waals surface area contributed by atoms with E-state index in [2.05, 4.69) is 32.6 Å². The summed E-state index contributed by atoms with van der Waals surface area (Å²) in [4.78, 5) is 2.34. The van der Waals surface area contributed by atoms with E-state index in [1.807, 2.05) is 0 Å². The summed E-state index contributed by atoms with van der Waals surface area (Å²) in [5.41, 5.74) is 0. The highest BCUT2D eigenvalue weighted by molar-refractivity contribution is 4.67. The Hall–Kier alpha value is -0.120. The lowest BCUT2D eigenvalue weighted by Crippen LogP contribution is -2.37. The van der Waals surface area contributed by atoms with E-state index in [-0.39, 0.29) is 6.10 Å². The van der Waals surface area contributed by atoms with Crippen LogP contribution in [-0.4, -0.2) is 49.0 Å². The molecule has 0 radical (unpaired) electrons. The molecule has 0 saturated heterocycles. The van der Waals surface area contributed by atoms with Gasteiger partial charge in [0.25, 0.3) is 0 Å². The fourth-order valence-electron chi connectivity index (χ4n) is 2.06. The number of unbranched alkanes of at least 4 members (excludes halogenated alkanes) is 1. The van der Waals surface area contributed by atoms with Crippen molar-refractivity contribution in [1.82, 2.24) is 4.90 Å². The Bertz CT molecular complexity index is 172. The molecule has 3 heteroatoms. The minimum atomic E-state index is -0.351. The van der Waals surface area contributed by atoms with Gasteiger partial charge >= 0.3 is 0 Å². The zero-order chi connectivity index (χ0) is 13.8. The summed E-state index contributed by atoms with van der Waals surface area (Å²) in [6.45, 7) is 12.9. The molecule has 0 saturated carbocycles. The quantitative estimate of drug-likeness (QED) is 0.547. The van der Waals surface area contributed by atoms with Crippen LogP contribution in [0.5, 0.6) is 0 Å². The molecule has 0 aliphatic carbocycles. The van der Waals surface area contributed by atoms with Crippen LogP contribution in [-0.2, 0) is 4.74 Å². The minimum Gasteiger partial charge on any atom is -0.389 e. The molecule has 18 heavy (non-hydrogen) atoms. The smallest absolute Gasteiger partial charge is 0.0900 e.